The fourth-order valence-electron chi connectivity index (χ4n) is 1.37. The number of hydrogen-bond acceptors (Lipinski definition) is 3. The molecule has 0 radical (unpaired) electrons. The van der Waals surface area contributed by atoms with Crippen LogP contribution in [0, 0.1) is 10.5 Å². The standard InChI is InChI=1S/C11H11IN2O/c1-7-3-2-4-8(11(7)12)9-6-14-10(5-13)15-9/h2-4,6H,5,13H2,1H3. The van der Waals surface area contributed by atoms with E-state index in [0.29, 0.717) is 12.4 Å². The smallest absolute Gasteiger partial charge is 0.208 e. The summed E-state index contributed by atoms with van der Waals surface area (Å²) in [6.07, 6.45) is 1.72. The number of halogens is 1. The molecule has 2 N–H and O–H groups in total. The molecule has 0 amide bonds. The van der Waals surface area contributed by atoms with Crippen LogP contribution in [0.15, 0.2) is 28.8 Å². The number of aryl methyl sites for hydroxylation is 1. The molecule has 1 aromatic heterocycles. The van der Waals surface area contributed by atoms with Gasteiger partial charge in [-0.15, -0.1) is 0 Å². The number of hydrogen-bond donors (Lipinski definition) is 1. The second kappa shape index (κ2) is 4.32. The Morgan fingerprint density at radius 2 is 2.27 bits per heavy atom. The van der Waals surface area contributed by atoms with Crippen molar-refractivity contribution in [1.29, 1.82) is 0 Å². The van der Waals surface area contributed by atoms with Gasteiger partial charge < -0.3 is 10.2 Å². The normalized spacial score (nSPS) is 10.6. The van der Waals surface area contributed by atoms with Crippen LogP contribution in [0.2, 0.25) is 0 Å². The molecule has 1 aromatic carbocycles. The highest BCUT2D eigenvalue weighted by Crippen LogP contribution is 2.27. The summed E-state index contributed by atoms with van der Waals surface area (Å²) >= 11 is 2.31. The van der Waals surface area contributed by atoms with E-state index >= 15 is 0 Å². The van der Waals surface area contributed by atoms with Crippen LogP contribution in [-0.2, 0) is 6.54 Å². The number of aromatic nitrogens is 1. The van der Waals surface area contributed by atoms with Crippen molar-refractivity contribution in [1.82, 2.24) is 4.98 Å². The van der Waals surface area contributed by atoms with Gasteiger partial charge in [-0.3, -0.25) is 0 Å². The summed E-state index contributed by atoms with van der Waals surface area (Å²) < 4.78 is 6.70. The van der Waals surface area contributed by atoms with Gasteiger partial charge in [-0.2, -0.15) is 0 Å². The molecule has 0 aliphatic heterocycles. The molecule has 0 fully saturated rings. The Kier molecular flexibility index (Phi) is 3.06. The van der Waals surface area contributed by atoms with Crippen LogP contribution in [0.1, 0.15) is 11.5 Å². The van der Waals surface area contributed by atoms with Crippen molar-refractivity contribution in [2.24, 2.45) is 5.73 Å². The topological polar surface area (TPSA) is 52.0 Å². The molecule has 0 saturated heterocycles. The molecule has 2 aromatic rings. The van der Waals surface area contributed by atoms with Crippen LogP contribution in [0.25, 0.3) is 11.3 Å². The van der Waals surface area contributed by atoms with Crippen LogP contribution in [-0.4, -0.2) is 4.98 Å². The minimum Gasteiger partial charge on any atom is -0.439 e. The number of nitrogens with two attached hydrogens (primary N) is 1. The first-order valence-corrected chi connectivity index (χ1v) is 5.70. The monoisotopic (exact) mass is 314 g/mol. The van der Waals surface area contributed by atoms with Gasteiger partial charge in [0.15, 0.2) is 5.76 Å². The lowest BCUT2D eigenvalue weighted by molar-refractivity contribution is 0.509. The summed E-state index contributed by atoms with van der Waals surface area (Å²) in [7, 11) is 0. The van der Waals surface area contributed by atoms with Crippen LogP contribution in [0.3, 0.4) is 0 Å². The molecule has 0 unspecified atom stereocenters. The maximum atomic E-state index is 5.51. The molecular weight excluding hydrogens is 303 g/mol. The van der Waals surface area contributed by atoms with Crippen molar-refractivity contribution in [2.75, 3.05) is 0 Å². The van der Waals surface area contributed by atoms with Gasteiger partial charge in [-0.05, 0) is 35.1 Å². The number of rotatable bonds is 2. The van der Waals surface area contributed by atoms with Crippen molar-refractivity contribution in [3.05, 3.63) is 39.4 Å². The molecule has 1 heterocycles. The van der Waals surface area contributed by atoms with Gasteiger partial charge in [0.05, 0.1) is 12.7 Å². The summed E-state index contributed by atoms with van der Waals surface area (Å²) in [5, 5.41) is 0. The molecule has 0 bridgehead atoms. The van der Waals surface area contributed by atoms with E-state index in [1.807, 2.05) is 12.1 Å². The average Bonchev–Trinajstić information content (AvgIpc) is 2.70. The highest BCUT2D eigenvalue weighted by molar-refractivity contribution is 14.1. The molecule has 0 atom stereocenters. The first-order valence-electron chi connectivity index (χ1n) is 4.62. The van der Waals surface area contributed by atoms with E-state index < -0.39 is 0 Å². The van der Waals surface area contributed by atoms with E-state index in [1.54, 1.807) is 6.20 Å². The summed E-state index contributed by atoms with van der Waals surface area (Å²) in [5.74, 6) is 1.35. The molecule has 0 saturated carbocycles. The fraction of sp³-hybridized carbons (Fsp3) is 0.182. The van der Waals surface area contributed by atoms with Crippen LogP contribution < -0.4 is 5.73 Å². The number of nitrogens with zero attached hydrogens (tertiary/aromatic N) is 1. The molecule has 3 nitrogen and oxygen atoms in total. The van der Waals surface area contributed by atoms with E-state index in [1.165, 1.54) is 9.13 Å². The van der Waals surface area contributed by atoms with Gasteiger partial charge in [-0.1, -0.05) is 18.2 Å². The van der Waals surface area contributed by atoms with E-state index in [2.05, 4.69) is 40.6 Å². The Morgan fingerprint density at radius 3 is 2.93 bits per heavy atom. The predicted molar refractivity (Wildman–Crippen MR) is 67.3 cm³/mol. The average molecular weight is 314 g/mol. The lowest BCUT2D eigenvalue weighted by Crippen LogP contribution is -1.94. The molecule has 0 aliphatic rings. The minimum absolute atomic E-state index is 0.336. The number of benzene rings is 1. The zero-order valence-corrected chi connectivity index (χ0v) is 10.5. The Balaban J connectivity index is 2.49. The van der Waals surface area contributed by atoms with Crippen molar-refractivity contribution >= 4 is 22.6 Å². The Morgan fingerprint density at radius 1 is 1.47 bits per heavy atom. The molecule has 0 spiro atoms. The van der Waals surface area contributed by atoms with E-state index in [-0.39, 0.29) is 0 Å². The van der Waals surface area contributed by atoms with E-state index in [9.17, 15) is 0 Å². The third kappa shape index (κ3) is 2.05. The van der Waals surface area contributed by atoms with Crippen molar-refractivity contribution in [3.8, 4) is 11.3 Å². The fourth-order valence-corrected chi connectivity index (χ4v) is 1.99. The maximum absolute atomic E-state index is 5.51. The largest absolute Gasteiger partial charge is 0.439 e. The van der Waals surface area contributed by atoms with Gasteiger partial charge in [-0.25, -0.2) is 4.98 Å². The van der Waals surface area contributed by atoms with E-state index in [4.69, 9.17) is 10.2 Å². The first kappa shape index (κ1) is 10.6. The third-order valence-electron chi connectivity index (χ3n) is 2.19. The molecule has 78 valence electrons. The van der Waals surface area contributed by atoms with Crippen LogP contribution in [0.5, 0.6) is 0 Å². The van der Waals surface area contributed by atoms with Crippen LogP contribution in [0.4, 0.5) is 0 Å². The molecule has 15 heavy (non-hydrogen) atoms. The first-order chi connectivity index (χ1) is 7.22. The zero-order valence-electron chi connectivity index (χ0n) is 8.33. The zero-order chi connectivity index (χ0) is 10.8. The van der Waals surface area contributed by atoms with Crippen LogP contribution >= 0.6 is 22.6 Å². The second-order valence-corrected chi connectivity index (χ2v) is 4.34. The Bertz CT molecular complexity index is 479. The second-order valence-electron chi connectivity index (χ2n) is 3.26. The van der Waals surface area contributed by atoms with Gasteiger partial charge in [0, 0.05) is 9.13 Å². The molecule has 2 rings (SSSR count). The summed E-state index contributed by atoms with van der Waals surface area (Å²) in [6.45, 7) is 2.41. The van der Waals surface area contributed by atoms with Gasteiger partial charge >= 0.3 is 0 Å². The Labute approximate surface area is 102 Å². The molecule has 4 heteroatoms. The molecular formula is C11H11IN2O. The predicted octanol–water partition coefficient (Wildman–Crippen LogP) is 2.71. The van der Waals surface area contributed by atoms with Crippen molar-refractivity contribution in [3.63, 3.8) is 0 Å². The maximum Gasteiger partial charge on any atom is 0.208 e. The highest BCUT2D eigenvalue weighted by atomic mass is 127. The lowest BCUT2D eigenvalue weighted by atomic mass is 10.1. The van der Waals surface area contributed by atoms with E-state index in [0.717, 1.165) is 11.3 Å². The van der Waals surface area contributed by atoms with Crippen molar-refractivity contribution < 1.29 is 4.42 Å². The highest BCUT2D eigenvalue weighted by Gasteiger charge is 2.09. The summed E-state index contributed by atoms with van der Waals surface area (Å²) in [6, 6.07) is 6.11. The van der Waals surface area contributed by atoms with Gasteiger partial charge in [0.1, 0.15) is 0 Å². The SMILES string of the molecule is Cc1cccc(-c2cnc(CN)o2)c1I. The Hall–Kier alpha value is -0.880. The third-order valence-corrected chi connectivity index (χ3v) is 3.62. The molecule has 0 aliphatic carbocycles. The minimum atomic E-state index is 0.336. The van der Waals surface area contributed by atoms with Gasteiger partial charge in [0.2, 0.25) is 5.89 Å². The lowest BCUT2D eigenvalue weighted by Gasteiger charge is -2.03. The number of oxazole rings is 1. The van der Waals surface area contributed by atoms with Crippen molar-refractivity contribution in [2.45, 2.75) is 13.5 Å². The summed E-state index contributed by atoms with van der Waals surface area (Å²) in [4.78, 5) is 4.09. The van der Waals surface area contributed by atoms with Gasteiger partial charge in [0.25, 0.3) is 0 Å². The quantitative estimate of drug-likeness (QED) is 0.867. The summed E-state index contributed by atoms with van der Waals surface area (Å²) in [5.41, 5.74) is 7.76.